The van der Waals surface area contributed by atoms with E-state index in [0.29, 0.717) is 6.42 Å². The van der Waals surface area contributed by atoms with Gasteiger partial charge in [0.25, 0.3) is 5.91 Å². The highest BCUT2D eigenvalue weighted by Gasteiger charge is 2.16. The third-order valence-electron chi connectivity index (χ3n) is 2.14. The van der Waals surface area contributed by atoms with Gasteiger partial charge in [-0.1, -0.05) is 6.92 Å². The van der Waals surface area contributed by atoms with Crippen LogP contribution in [0.1, 0.15) is 34.2 Å². The maximum atomic E-state index is 11.6. The first-order valence-corrected chi connectivity index (χ1v) is 7.14. The first kappa shape index (κ1) is 15.1. The van der Waals surface area contributed by atoms with Crippen molar-refractivity contribution in [3.8, 4) is 0 Å². The zero-order valence-corrected chi connectivity index (χ0v) is 11.4. The van der Waals surface area contributed by atoms with Crippen molar-refractivity contribution in [2.24, 2.45) is 0 Å². The highest BCUT2D eigenvalue weighted by molar-refractivity contribution is 7.90. The van der Waals surface area contributed by atoms with Gasteiger partial charge in [-0.05, 0) is 18.6 Å². The van der Waals surface area contributed by atoms with Gasteiger partial charge in [0.1, 0.15) is 5.69 Å². The average molecular weight is 286 g/mol. The third-order valence-corrected chi connectivity index (χ3v) is 3.58. The Hall–Kier alpha value is -1.96. The summed E-state index contributed by atoms with van der Waals surface area (Å²) in [6.45, 7) is 1.69. The second-order valence-corrected chi connectivity index (χ2v) is 5.52. The summed E-state index contributed by atoms with van der Waals surface area (Å²) in [5.74, 6) is -1.55. The van der Waals surface area contributed by atoms with Gasteiger partial charge in [0.2, 0.25) is 10.0 Å². The smallest absolute Gasteiger partial charge is 0.356 e. The SMILES string of the molecule is CCCS(=O)(=O)NC(=O)c1ccc(C(=O)OC)nc1. The number of esters is 1. The molecular weight excluding hydrogens is 272 g/mol. The first-order chi connectivity index (χ1) is 8.89. The van der Waals surface area contributed by atoms with Gasteiger partial charge in [0.05, 0.1) is 18.4 Å². The molecule has 1 rings (SSSR count). The fourth-order valence-corrected chi connectivity index (χ4v) is 2.31. The molecule has 104 valence electrons. The van der Waals surface area contributed by atoms with Gasteiger partial charge in [0, 0.05) is 6.20 Å². The molecule has 0 aliphatic heterocycles. The van der Waals surface area contributed by atoms with Crippen LogP contribution < -0.4 is 4.72 Å². The number of nitrogens with one attached hydrogen (secondary N) is 1. The fraction of sp³-hybridized carbons (Fsp3) is 0.364. The number of hydrogen-bond donors (Lipinski definition) is 1. The van der Waals surface area contributed by atoms with E-state index in [2.05, 4.69) is 9.72 Å². The van der Waals surface area contributed by atoms with Crippen LogP contribution in [0.15, 0.2) is 18.3 Å². The minimum atomic E-state index is -3.63. The molecule has 1 aromatic heterocycles. The van der Waals surface area contributed by atoms with Crippen LogP contribution in [-0.2, 0) is 14.8 Å². The van der Waals surface area contributed by atoms with E-state index in [1.165, 1.54) is 19.2 Å². The maximum Gasteiger partial charge on any atom is 0.356 e. The minimum Gasteiger partial charge on any atom is -0.464 e. The molecular formula is C11H14N2O5S. The lowest BCUT2D eigenvalue weighted by atomic mass is 10.2. The number of rotatable bonds is 5. The van der Waals surface area contributed by atoms with Gasteiger partial charge in [-0.25, -0.2) is 22.9 Å². The Morgan fingerprint density at radius 3 is 2.53 bits per heavy atom. The lowest BCUT2D eigenvalue weighted by Crippen LogP contribution is -2.32. The van der Waals surface area contributed by atoms with E-state index in [0.717, 1.165) is 6.20 Å². The van der Waals surface area contributed by atoms with Crippen LogP contribution in [0.25, 0.3) is 0 Å². The highest BCUT2D eigenvalue weighted by Crippen LogP contribution is 2.03. The van der Waals surface area contributed by atoms with Crippen LogP contribution in [0.5, 0.6) is 0 Å². The number of ether oxygens (including phenoxy) is 1. The molecule has 8 heteroatoms. The molecule has 1 amide bonds. The van der Waals surface area contributed by atoms with Crippen molar-refractivity contribution >= 4 is 21.9 Å². The number of carbonyl (C=O) groups is 2. The number of carbonyl (C=O) groups excluding carboxylic acids is 2. The predicted octanol–water partition coefficient (Wildman–Crippen LogP) is 0.338. The summed E-state index contributed by atoms with van der Waals surface area (Å²) in [5, 5.41) is 0. The molecule has 0 spiro atoms. The Labute approximate surface area is 111 Å². The number of nitrogens with zero attached hydrogens (tertiary/aromatic N) is 1. The van der Waals surface area contributed by atoms with Gasteiger partial charge >= 0.3 is 5.97 Å². The number of amides is 1. The fourth-order valence-electron chi connectivity index (χ4n) is 1.27. The van der Waals surface area contributed by atoms with Crippen LogP contribution in [0.2, 0.25) is 0 Å². The van der Waals surface area contributed by atoms with Crippen molar-refractivity contribution in [3.63, 3.8) is 0 Å². The van der Waals surface area contributed by atoms with E-state index in [-0.39, 0.29) is 17.0 Å². The standard InChI is InChI=1S/C11H14N2O5S/c1-3-6-19(16,17)13-10(14)8-4-5-9(12-7-8)11(15)18-2/h4-5,7H,3,6H2,1-2H3,(H,13,14). The number of methoxy groups -OCH3 is 1. The normalized spacial score (nSPS) is 10.8. The van der Waals surface area contributed by atoms with E-state index < -0.39 is 21.9 Å². The molecule has 0 aliphatic rings. The van der Waals surface area contributed by atoms with Crippen molar-refractivity contribution < 1.29 is 22.7 Å². The molecule has 0 radical (unpaired) electrons. The van der Waals surface area contributed by atoms with Crippen LogP contribution in [0, 0.1) is 0 Å². The molecule has 19 heavy (non-hydrogen) atoms. The van der Waals surface area contributed by atoms with Crippen LogP contribution in [0.4, 0.5) is 0 Å². The van der Waals surface area contributed by atoms with Crippen molar-refractivity contribution in [1.82, 2.24) is 9.71 Å². The molecule has 0 fully saturated rings. The first-order valence-electron chi connectivity index (χ1n) is 5.49. The highest BCUT2D eigenvalue weighted by atomic mass is 32.2. The van der Waals surface area contributed by atoms with Gasteiger partial charge in [-0.3, -0.25) is 4.79 Å². The molecule has 0 aromatic carbocycles. The zero-order chi connectivity index (χ0) is 14.5. The molecule has 0 saturated carbocycles. The van der Waals surface area contributed by atoms with E-state index in [1.807, 2.05) is 4.72 Å². The molecule has 1 N–H and O–H groups in total. The summed E-state index contributed by atoms with van der Waals surface area (Å²) < 4.78 is 29.2. The third kappa shape index (κ3) is 4.32. The van der Waals surface area contributed by atoms with E-state index in [4.69, 9.17) is 0 Å². The van der Waals surface area contributed by atoms with E-state index in [9.17, 15) is 18.0 Å². The van der Waals surface area contributed by atoms with Crippen LogP contribution in [0.3, 0.4) is 0 Å². The lowest BCUT2D eigenvalue weighted by Gasteiger charge is -2.05. The monoisotopic (exact) mass is 286 g/mol. The summed E-state index contributed by atoms with van der Waals surface area (Å²) >= 11 is 0. The maximum absolute atomic E-state index is 11.6. The van der Waals surface area contributed by atoms with E-state index in [1.54, 1.807) is 6.92 Å². The Kier molecular flexibility index (Phi) is 4.99. The molecule has 7 nitrogen and oxygen atoms in total. The van der Waals surface area contributed by atoms with Crippen molar-refractivity contribution in [3.05, 3.63) is 29.6 Å². The molecule has 0 aliphatic carbocycles. The molecule has 0 unspecified atom stereocenters. The second kappa shape index (κ2) is 6.28. The lowest BCUT2D eigenvalue weighted by molar-refractivity contribution is 0.0593. The summed E-state index contributed by atoms with van der Waals surface area (Å²) in [5.41, 5.74) is 0.0859. The van der Waals surface area contributed by atoms with Gasteiger partial charge in [0.15, 0.2) is 0 Å². The minimum absolute atomic E-state index is 0.0375. The molecule has 0 saturated heterocycles. The Morgan fingerprint density at radius 2 is 2.05 bits per heavy atom. The number of aromatic nitrogens is 1. The zero-order valence-electron chi connectivity index (χ0n) is 10.5. The number of hydrogen-bond acceptors (Lipinski definition) is 6. The van der Waals surface area contributed by atoms with Crippen LogP contribution >= 0.6 is 0 Å². The Morgan fingerprint density at radius 1 is 1.37 bits per heavy atom. The molecule has 0 bridgehead atoms. The Bertz CT molecular complexity index is 565. The quantitative estimate of drug-likeness (QED) is 0.783. The Balaban J connectivity index is 2.82. The van der Waals surface area contributed by atoms with Crippen molar-refractivity contribution in [1.29, 1.82) is 0 Å². The molecule has 0 atom stereocenters. The summed E-state index contributed by atoms with van der Waals surface area (Å²) in [7, 11) is -2.42. The van der Waals surface area contributed by atoms with Gasteiger partial charge in [-0.15, -0.1) is 0 Å². The van der Waals surface area contributed by atoms with Gasteiger partial charge < -0.3 is 4.74 Å². The molecule has 1 heterocycles. The number of sulfonamides is 1. The predicted molar refractivity (Wildman–Crippen MR) is 67.1 cm³/mol. The topological polar surface area (TPSA) is 102 Å². The van der Waals surface area contributed by atoms with Crippen molar-refractivity contribution in [2.45, 2.75) is 13.3 Å². The summed E-state index contributed by atoms with van der Waals surface area (Å²) in [6, 6.07) is 2.59. The number of pyridine rings is 1. The second-order valence-electron chi connectivity index (χ2n) is 3.67. The van der Waals surface area contributed by atoms with Crippen molar-refractivity contribution in [2.75, 3.05) is 12.9 Å². The summed E-state index contributed by atoms with van der Waals surface area (Å²) in [4.78, 5) is 26.5. The largest absolute Gasteiger partial charge is 0.464 e. The van der Waals surface area contributed by atoms with E-state index >= 15 is 0 Å². The molecule has 1 aromatic rings. The van der Waals surface area contributed by atoms with Gasteiger partial charge in [-0.2, -0.15) is 0 Å². The average Bonchev–Trinajstić information content (AvgIpc) is 2.37. The van der Waals surface area contributed by atoms with Crippen LogP contribution in [-0.4, -0.2) is 38.1 Å². The summed E-state index contributed by atoms with van der Waals surface area (Å²) in [6.07, 6.45) is 1.52.